The van der Waals surface area contributed by atoms with Crippen LogP contribution in [0.3, 0.4) is 0 Å². The Morgan fingerprint density at radius 1 is 1.14 bits per heavy atom. The van der Waals surface area contributed by atoms with Gasteiger partial charge in [0.1, 0.15) is 6.10 Å². The summed E-state index contributed by atoms with van der Waals surface area (Å²) in [5.41, 5.74) is 2.24. The molecule has 0 radical (unpaired) electrons. The molecule has 7 nitrogen and oxygen atoms in total. The Kier molecular flexibility index (Phi) is 5.54. The smallest absolute Gasteiger partial charge is 0.227 e. The molecule has 1 aliphatic heterocycles. The average molecular weight is 382 g/mol. The second-order valence-electron chi connectivity index (χ2n) is 7.48. The lowest BCUT2D eigenvalue weighted by Crippen LogP contribution is -2.42. The molecule has 0 amide bonds. The average Bonchev–Trinajstić information content (AvgIpc) is 3.37. The Labute approximate surface area is 164 Å². The van der Waals surface area contributed by atoms with E-state index in [0.717, 1.165) is 24.4 Å². The van der Waals surface area contributed by atoms with E-state index in [2.05, 4.69) is 52.9 Å². The van der Waals surface area contributed by atoms with Crippen molar-refractivity contribution in [2.45, 2.75) is 45.8 Å². The summed E-state index contributed by atoms with van der Waals surface area (Å²) in [6.45, 7) is 8.84. The maximum atomic E-state index is 5.86. The van der Waals surface area contributed by atoms with Gasteiger partial charge in [0.25, 0.3) is 0 Å². The highest BCUT2D eigenvalue weighted by molar-refractivity contribution is 5.56. The van der Waals surface area contributed by atoms with Crippen molar-refractivity contribution in [3.63, 3.8) is 0 Å². The monoisotopic (exact) mass is 382 g/mol. The molecule has 0 N–H and O–H groups in total. The van der Waals surface area contributed by atoms with E-state index in [-0.39, 0.29) is 6.10 Å². The summed E-state index contributed by atoms with van der Waals surface area (Å²) in [7, 11) is 0. The van der Waals surface area contributed by atoms with Crippen molar-refractivity contribution in [3.05, 3.63) is 53.6 Å². The minimum absolute atomic E-state index is 0.136. The van der Waals surface area contributed by atoms with Crippen LogP contribution < -0.4 is 0 Å². The summed E-state index contributed by atoms with van der Waals surface area (Å²) in [5.74, 6) is 2.63. The van der Waals surface area contributed by atoms with Crippen molar-refractivity contribution >= 4 is 0 Å². The number of hydrogen-bond donors (Lipinski definition) is 0. The highest BCUT2D eigenvalue weighted by Crippen LogP contribution is 2.23. The molecule has 0 spiro atoms. The maximum absolute atomic E-state index is 5.86. The summed E-state index contributed by atoms with van der Waals surface area (Å²) in [6.07, 6.45) is 2.82. The highest BCUT2D eigenvalue weighted by Gasteiger charge is 2.27. The van der Waals surface area contributed by atoms with Gasteiger partial charge in [-0.05, 0) is 20.8 Å². The van der Waals surface area contributed by atoms with Gasteiger partial charge in [-0.25, -0.2) is 4.98 Å². The number of nitrogens with zero attached hydrogens (tertiary/aromatic N) is 4. The molecular formula is C21H26N4O3. The van der Waals surface area contributed by atoms with Crippen LogP contribution in [0.25, 0.3) is 11.3 Å². The molecule has 4 rings (SSSR count). The molecule has 3 aromatic rings. The Balaban J connectivity index is 1.35. The van der Waals surface area contributed by atoms with Crippen molar-refractivity contribution in [1.29, 1.82) is 0 Å². The summed E-state index contributed by atoms with van der Waals surface area (Å²) < 4.78 is 17.1. The first-order valence-electron chi connectivity index (χ1n) is 9.78. The summed E-state index contributed by atoms with van der Waals surface area (Å²) >= 11 is 0. The first-order valence-corrected chi connectivity index (χ1v) is 9.78. The second-order valence-corrected chi connectivity index (χ2v) is 7.48. The molecule has 3 heterocycles. The minimum Gasteiger partial charge on any atom is -0.441 e. The number of hydrogen-bond acceptors (Lipinski definition) is 7. The quantitative estimate of drug-likeness (QED) is 0.644. The lowest BCUT2D eigenvalue weighted by Gasteiger charge is -2.34. The molecule has 1 fully saturated rings. The van der Waals surface area contributed by atoms with Crippen LogP contribution in [-0.2, 0) is 17.6 Å². The zero-order chi connectivity index (χ0) is 19.5. The fraction of sp³-hybridized carbons (Fsp3) is 0.476. The number of benzene rings is 1. The predicted octanol–water partition coefficient (Wildman–Crippen LogP) is 3.60. The van der Waals surface area contributed by atoms with E-state index < -0.39 is 0 Å². The molecule has 0 bridgehead atoms. The van der Waals surface area contributed by atoms with Gasteiger partial charge in [0.05, 0.1) is 12.8 Å². The van der Waals surface area contributed by atoms with Gasteiger partial charge in [-0.15, -0.1) is 0 Å². The minimum atomic E-state index is -0.136. The highest BCUT2D eigenvalue weighted by atomic mass is 16.5. The third kappa shape index (κ3) is 4.31. The zero-order valence-corrected chi connectivity index (χ0v) is 16.6. The van der Waals surface area contributed by atoms with Crippen LogP contribution in [0.4, 0.5) is 0 Å². The fourth-order valence-electron chi connectivity index (χ4n) is 3.29. The van der Waals surface area contributed by atoms with Crippen LogP contribution in [0.2, 0.25) is 0 Å². The number of aromatic nitrogens is 3. The van der Waals surface area contributed by atoms with Crippen LogP contribution in [0.15, 0.2) is 39.4 Å². The molecule has 1 aromatic carbocycles. The van der Waals surface area contributed by atoms with Crippen LogP contribution in [0, 0.1) is 6.92 Å². The van der Waals surface area contributed by atoms with Crippen molar-refractivity contribution in [2.75, 3.05) is 19.7 Å². The lowest BCUT2D eigenvalue weighted by atomic mass is 10.1. The molecule has 1 saturated heterocycles. The first kappa shape index (κ1) is 18.8. The Morgan fingerprint density at radius 3 is 2.71 bits per heavy atom. The van der Waals surface area contributed by atoms with Crippen LogP contribution in [0.5, 0.6) is 0 Å². The molecule has 28 heavy (non-hydrogen) atoms. The third-order valence-corrected chi connectivity index (χ3v) is 5.04. The molecular weight excluding hydrogens is 356 g/mol. The third-order valence-electron chi connectivity index (χ3n) is 5.04. The van der Waals surface area contributed by atoms with Gasteiger partial charge in [-0.1, -0.05) is 35.0 Å². The van der Waals surface area contributed by atoms with E-state index in [0.29, 0.717) is 43.1 Å². The van der Waals surface area contributed by atoms with Crippen molar-refractivity contribution in [2.24, 2.45) is 0 Å². The van der Waals surface area contributed by atoms with Gasteiger partial charge in [0.15, 0.2) is 11.7 Å². The predicted molar refractivity (Wildman–Crippen MR) is 104 cm³/mol. The number of ether oxygens (including phenoxy) is 1. The lowest BCUT2D eigenvalue weighted by molar-refractivity contribution is -0.0450. The van der Waals surface area contributed by atoms with E-state index in [1.807, 2.05) is 12.1 Å². The molecule has 2 aromatic heterocycles. The molecule has 0 saturated carbocycles. The first-order chi connectivity index (χ1) is 13.6. The fourth-order valence-corrected chi connectivity index (χ4v) is 3.29. The van der Waals surface area contributed by atoms with Crippen molar-refractivity contribution in [3.8, 4) is 11.3 Å². The van der Waals surface area contributed by atoms with Crippen LogP contribution >= 0.6 is 0 Å². The van der Waals surface area contributed by atoms with E-state index in [9.17, 15) is 0 Å². The van der Waals surface area contributed by atoms with E-state index in [1.165, 1.54) is 5.56 Å². The molecule has 1 atom stereocenters. The summed E-state index contributed by atoms with van der Waals surface area (Å²) in [5, 5.41) is 4.12. The Morgan fingerprint density at radius 2 is 1.93 bits per heavy atom. The molecule has 0 aliphatic carbocycles. The standard InChI is InChI=1S/C21H26N4O3/c1-14(2)25-10-11-26-18(13-25)21-23-20(28-24-21)9-8-19-22-12-17(27-19)16-6-4-15(3)5-7-16/h4-7,12,14,18H,8-11,13H2,1-3H3/t18-/m0/s1. The topological polar surface area (TPSA) is 77.4 Å². The number of oxazole rings is 1. The number of aryl methyl sites for hydroxylation is 3. The molecule has 1 aliphatic rings. The molecule has 7 heteroatoms. The van der Waals surface area contributed by atoms with E-state index >= 15 is 0 Å². The maximum Gasteiger partial charge on any atom is 0.227 e. The van der Waals surface area contributed by atoms with Crippen molar-refractivity contribution < 1.29 is 13.7 Å². The number of morpholine rings is 1. The van der Waals surface area contributed by atoms with Gasteiger partial charge in [-0.3, -0.25) is 4.90 Å². The van der Waals surface area contributed by atoms with Crippen LogP contribution in [-0.4, -0.2) is 45.8 Å². The van der Waals surface area contributed by atoms with E-state index in [1.54, 1.807) is 6.20 Å². The van der Waals surface area contributed by atoms with Gasteiger partial charge >= 0.3 is 0 Å². The zero-order valence-electron chi connectivity index (χ0n) is 16.6. The van der Waals surface area contributed by atoms with Gasteiger partial charge < -0.3 is 13.7 Å². The van der Waals surface area contributed by atoms with Crippen molar-refractivity contribution in [1.82, 2.24) is 20.0 Å². The number of rotatable bonds is 6. The van der Waals surface area contributed by atoms with Gasteiger partial charge in [0, 0.05) is 37.5 Å². The molecule has 148 valence electrons. The largest absolute Gasteiger partial charge is 0.441 e. The summed E-state index contributed by atoms with van der Waals surface area (Å²) in [6, 6.07) is 8.67. The van der Waals surface area contributed by atoms with E-state index in [4.69, 9.17) is 13.7 Å². The Hall–Kier alpha value is -2.51. The summed E-state index contributed by atoms with van der Waals surface area (Å²) in [4.78, 5) is 11.3. The van der Waals surface area contributed by atoms with Gasteiger partial charge in [-0.2, -0.15) is 4.98 Å². The normalized spacial score (nSPS) is 18.1. The van der Waals surface area contributed by atoms with Gasteiger partial charge in [0.2, 0.25) is 11.7 Å². The SMILES string of the molecule is Cc1ccc(-c2cnc(CCc3nc([C@@H]4CN(C(C)C)CCO4)no3)o2)cc1. The molecule has 0 unspecified atom stereocenters. The Bertz CT molecular complexity index is 901. The second kappa shape index (κ2) is 8.24. The van der Waals surface area contributed by atoms with Crippen LogP contribution in [0.1, 0.15) is 43.1 Å².